The van der Waals surface area contributed by atoms with Gasteiger partial charge < -0.3 is 19.1 Å². The zero-order chi connectivity index (χ0) is 24.3. The monoisotopic (exact) mass is 479 g/mol. The van der Waals surface area contributed by atoms with Gasteiger partial charge in [-0.3, -0.25) is 4.79 Å². The van der Waals surface area contributed by atoms with Crippen LogP contribution in [0.1, 0.15) is 29.5 Å². The molecule has 0 saturated heterocycles. The molecule has 0 spiro atoms. The Morgan fingerprint density at radius 1 is 0.882 bits per heavy atom. The number of para-hydroxylation sites is 1. The van der Waals surface area contributed by atoms with E-state index in [1.807, 2.05) is 78.9 Å². The number of benzene rings is 3. The number of nitrogens with zero attached hydrogens (tertiary/aromatic N) is 1. The Bertz CT molecular complexity index is 1100. The first-order chi connectivity index (χ1) is 16.6. The molecule has 178 valence electrons. The highest BCUT2D eigenvalue weighted by Gasteiger charge is 2.20. The number of methoxy groups -OCH3 is 3. The smallest absolute Gasteiger partial charge is 0.227 e. The van der Waals surface area contributed by atoms with E-state index in [-0.39, 0.29) is 5.91 Å². The standard InChI is InChI=1S/C28H30ClNO4/c1-32-24-15-12-21(13-16-24)11-14-22-18-25(33-2)19-27(34-3)26(22)20-30(28(31)10-7-17-29)23-8-5-4-6-9-23/h4-6,8-9,11-16,18-19H,7,10,17,20H2,1-3H3. The molecule has 0 N–H and O–H groups in total. The lowest BCUT2D eigenvalue weighted by Crippen LogP contribution is -2.30. The quantitative estimate of drug-likeness (QED) is 0.235. The fourth-order valence-corrected chi connectivity index (χ4v) is 3.74. The van der Waals surface area contributed by atoms with E-state index in [0.29, 0.717) is 36.8 Å². The van der Waals surface area contributed by atoms with Crippen LogP contribution in [-0.4, -0.2) is 33.1 Å². The van der Waals surface area contributed by atoms with Gasteiger partial charge in [-0.1, -0.05) is 42.5 Å². The molecule has 0 aliphatic rings. The van der Waals surface area contributed by atoms with Gasteiger partial charge in [0.05, 0.1) is 27.9 Å². The van der Waals surface area contributed by atoms with Crippen LogP contribution in [0.25, 0.3) is 12.2 Å². The molecule has 0 fully saturated rings. The molecular formula is C28H30ClNO4. The van der Waals surface area contributed by atoms with Crippen LogP contribution in [0.2, 0.25) is 0 Å². The van der Waals surface area contributed by atoms with Gasteiger partial charge in [0.2, 0.25) is 5.91 Å². The van der Waals surface area contributed by atoms with E-state index in [0.717, 1.165) is 28.1 Å². The summed E-state index contributed by atoms with van der Waals surface area (Å²) in [6.45, 7) is 0.348. The number of hydrogen-bond donors (Lipinski definition) is 0. The molecule has 0 aliphatic carbocycles. The largest absolute Gasteiger partial charge is 0.497 e. The summed E-state index contributed by atoms with van der Waals surface area (Å²) in [7, 11) is 4.89. The predicted octanol–water partition coefficient (Wildman–Crippen LogP) is 6.44. The zero-order valence-corrected chi connectivity index (χ0v) is 20.5. The van der Waals surface area contributed by atoms with E-state index in [2.05, 4.69) is 0 Å². The Kier molecular flexibility index (Phi) is 9.41. The Balaban J connectivity index is 2.03. The van der Waals surface area contributed by atoms with Crippen LogP contribution in [0.5, 0.6) is 17.2 Å². The molecule has 0 heterocycles. The van der Waals surface area contributed by atoms with Crippen molar-refractivity contribution in [1.29, 1.82) is 0 Å². The van der Waals surface area contributed by atoms with Gasteiger partial charge in [-0.05, 0) is 47.9 Å². The molecule has 0 atom stereocenters. The van der Waals surface area contributed by atoms with Gasteiger partial charge >= 0.3 is 0 Å². The Morgan fingerprint density at radius 3 is 2.21 bits per heavy atom. The molecule has 6 heteroatoms. The normalized spacial score (nSPS) is 10.8. The van der Waals surface area contributed by atoms with Gasteiger partial charge in [0.1, 0.15) is 17.2 Å². The zero-order valence-electron chi connectivity index (χ0n) is 19.8. The molecule has 0 saturated carbocycles. The maximum absolute atomic E-state index is 13.2. The number of rotatable bonds is 11. The lowest BCUT2D eigenvalue weighted by atomic mass is 10.0. The van der Waals surface area contributed by atoms with E-state index in [4.69, 9.17) is 25.8 Å². The molecular weight excluding hydrogens is 450 g/mol. The highest BCUT2D eigenvalue weighted by molar-refractivity contribution is 6.18. The second-order valence-corrected chi connectivity index (χ2v) is 7.99. The summed E-state index contributed by atoms with van der Waals surface area (Å²) < 4.78 is 16.5. The summed E-state index contributed by atoms with van der Waals surface area (Å²) in [4.78, 5) is 14.9. The number of amides is 1. The third-order valence-electron chi connectivity index (χ3n) is 5.45. The summed E-state index contributed by atoms with van der Waals surface area (Å²) in [5.41, 5.74) is 3.63. The number of halogens is 1. The van der Waals surface area contributed by atoms with Crippen molar-refractivity contribution in [2.75, 3.05) is 32.1 Å². The van der Waals surface area contributed by atoms with Crippen LogP contribution in [-0.2, 0) is 11.3 Å². The minimum atomic E-state index is 0.00908. The van der Waals surface area contributed by atoms with Crippen molar-refractivity contribution < 1.29 is 19.0 Å². The second kappa shape index (κ2) is 12.7. The van der Waals surface area contributed by atoms with Crippen molar-refractivity contribution in [3.63, 3.8) is 0 Å². The fourth-order valence-electron chi connectivity index (χ4n) is 3.60. The average Bonchev–Trinajstić information content (AvgIpc) is 2.89. The van der Waals surface area contributed by atoms with E-state index in [9.17, 15) is 4.79 Å². The first kappa shape index (κ1) is 25.2. The summed E-state index contributed by atoms with van der Waals surface area (Å²) in [5.74, 6) is 2.58. The summed E-state index contributed by atoms with van der Waals surface area (Å²) >= 11 is 5.86. The van der Waals surface area contributed by atoms with Crippen LogP contribution in [0.15, 0.2) is 66.7 Å². The SMILES string of the molecule is COc1ccc(C=Cc2cc(OC)cc(OC)c2CN(C(=O)CCCCl)c2ccccc2)cc1. The number of anilines is 1. The lowest BCUT2D eigenvalue weighted by Gasteiger charge is -2.25. The number of alkyl halides is 1. The van der Waals surface area contributed by atoms with Crippen molar-refractivity contribution in [3.8, 4) is 17.2 Å². The highest BCUT2D eigenvalue weighted by atomic mass is 35.5. The minimum absolute atomic E-state index is 0.00908. The van der Waals surface area contributed by atoms with Gasteiger partial charge in [0.25, 0.3) is 0 Å². The van der Waals surface area contributed by atoms with Crippen LogP contribution in [0.4, 0.5) is 5.69 Å². The first-order valence-electron chi connectivity index (χ1n) is 11.1. The third-order valence-corrected chi connectivity index (χ3v) is 5.72. The Hall–Kier alpha value is -3.44. The summed E-state index contributed by atoms with van der Waals surface area (Å²) in [6.07, 6.45) is 5.01. The molecule has 34 heavy (non-hydrogen) atoms. The van der Waals surface area contributed by atoms with Gasteiger partial charge in [-0.25, -0.2) is 0 Å². The maximum atomic E-state index is 13.2. The fraction of sp³-hybridized carbons (Fsp3) is 0.250. The lowest BCUT2D eigenvalue weighted by molar-refractivity contribution is -0.118. The molecule has 0 unspecified atom stereocenters. The predicted molar refractivity (Wildman–Crippen MR) is 139 cm³/mol. The summed E-state index contributed by atoms with van der Waals surface area (Å²) in [5, 5.41) is 0. The van der Waals surface area contributed by atoms with E-state index in [1.165, 1.54) is 0 Å². The molecule has 0 aromatic heterocycles. The molecule has 3 rings (SSSR count). The first-order valence-corrected chi connectivity index (χ1v) is 11.6. The molecule has 3 aromatic carbocycles. The van der Waals surface area contributed by atoms with Gasteiger partial charge in [-0.2, -0.15) is 0 Å². The van der Waals surface area contributed by atoms with Crippen molar-refractivity contribution in [3.05, 3.63) is 83.4 Å². The van der Waals surface area contributed by atoms with Crippen LogP contribution in [0.3, 0.4) is 0 Å². The van der Waals surface area contributed by atoms with E-state index in [1.54, 1.807) is 26.2 Å². The topological polar surface area (TPSA) is 48.0 Å². The van der Waals surface area contributed by atoms with Gasteiger partial charge in [0.15, 0.2) is 0 Å². The minimum Gasteiger partial charge on any atom is -0.497 e. The van der Waals surface area contributed by atoms with E-state index >= 15 is 0 Å². The van der Waals surface area contributed by atoms with Crippen LogP contribution in [0, 0.1) is 0 Å². The van der Waals surface area contributed by atoms with Gasteiger partial charge in [-0.15, -0.1) is 11.6 Å². The number of carbonyl (C=O) groups is 1. The summed E-state index contributed by atoms with van der Waals surface area (Å²) in [6, 6.07) is 21.2. The molecule has 0 radical (unpaired) electrons. The van der Waals surface area contributed by atoms with Crippen molar-refractivity contribution in [2.24, 2.45) is 0 Å². The van der Waals surface area contributed by atoms with Crippen LogP contribution >= 0.6 is 11.6 Å². The van der Waals surface area contributed by atoms with Crippen molar-refractivity contribution in [2.45, 2.75) is 19.4 Å². The van der Waals surface area contributed by atoms with E-state index < -0.39 is 0 Å². The van der Waals surface area contributed by atoms with Crippen molar-refractivity contribution >= 4 is 35.3 Å². The highest BCUT2D eigenvalue weighted by Crippen LogP contribution is 2.33. The third kappa shape index (κ3) is 6.55. The molecule has 5 nitrogen and oxygen atoms in total. The Labute approximate surface area is 206 Å². The number of hydrogen-bond acceptors (Lipinski definition) is 4. The molecule has 0 aliphatic heterocycles. The molecule has 3 aromatic rings. The average molecular weight is 480 g/mol. The second-order valence-electron chi connectivity index (χ2n) is 7.61. The molecule has 1 amide bonds. The number of carbonyl (C=O) groups excluding carboxylic acids is 1. The molecule has 0 bridgehead atoms. The Morgan fingerprint density at radius 2 is 1.59 bits per heavy atom. The maximum Gasteiger partial charge on any atom is 0.227 e. The van der Waals surface area contributed by atoms with Crippen molar-refractivity contribution in [1.82, 2.24) is 0 Å². The number of ether oxygens (including phenoxy) is 3. The van der Waals surface area contributed by atoms with Crippen LogP contribution < -0.4 is 19.1 Å². The van der Waals surface area contributed by atoms with Gasteiger partial charge in [0, 0.05) is 29.6 Å².